The Kier molecular flexibility index (Phi) is 3.39. The largest absolute Gasteiger partial charge is 0.0613 e. The molecule has 2 aromatic carbocycles. The van der Waals surface area contributed by atoms with E-state index in [9.17, 15) is 0 Å². The van der Waals surface area contributed by atoms with Gasteiger partial charge in [0.05, 0.1) is 0 Å². The van der Waals surface area contributed by atoms with Crippen LogP contribution in [0.5, 0.6) is 0 Å². The van der Waals surface area contributed by atoms with Crippen molar-refractivity contribution in [1.82, 2.24) is 0 Å². The van der Waals surface area contributed by atoms with Crippen LogP contribution in [0.15, 0.2) is 0 Å². The van der Waals surface area contributed by atoms with Crippen LogP contribution in [-0.2, 0) is 12.8 Å². The lowest BCUT2D eigenvalue weighted by atomic mass is 9.81. The van der Waals surface area contributed by atoms with E-state index in [-0.39, 0.29) is 0 Å². The van der Waals surface area contributed by atoms with E-state index >= 15 is 0 Å². The van der Waals surface area contributed by atoms with Gasteiger partial charge in [-0.2, -0.15) is 0 Å². The minimum Gasteiger partial charge on any atom is -0.0613 e. The van der Waals surface area contributed by atoms with Crippen molar-refractivity contribution in [2.75, 3.05) is 0 Å². The molecule has 0 bridgehead atoms. The number of hydrogen-bond acceptors (Lipinski definition) is 0. The van der Waals surface area contributed by atoms with Crippen LogP contribution in [0.4, 0.5) is 0 Å². The maximum absolute atomic E-state index is 2.42. The smallest absolute Gasteiger partial charge is 0.0109 e. The summed E-state index contributed by atoms with van der Waals surface area (Å²) < 4.78 is 0. The Morgan fingerprint density at radius 1 is 0.810 bits per heavy atom. The topological polar surface area (TPSA) is 0 Å². The van der Waals surface area contributed by atoms with Crippen LogP contribution in [0.1, 0.15) is 70.7 Å². The Morgan fingerprint density at radius 3 is 2.05 bits per heavy atom. The molecule has 21 heavy (non-hydrogen) atoms. The zero-order chi connectivity index (χ0) is 15.5. The molecule has 0 saturated heterocycles. The summed E-state index contributed by atoms with van der Waals surface area (Å²) >= 11 is 0. The summed E-state index contributed by atoms with van der Waals surface area (Å²) in [7, 11) is 0. The molecule has 0 fully saturated rings. The minimum absolute atomic E-state index is 0.715. The number of fused-ring (bicyclic) bond motifs is 3. The average Bonchev–Trinajstić information content (AvgIpc) is 2.83. The maximum Gasteiger partial charge on any atom is -0.0109 e. The molecule has 2 aromatic rings. The minimum atomic E-state index is 0.715. The van der Waals surface area contributed by atoms with Gasteiger partial charge in [0.25, 0.3) is 0 Å². The Morgan fingerprint density at radius 2 is 1.43 bits per heavy atom. The van der Waals surface area contributed by atoms with Gasteiger partial charge in [0.1, 0.15) is 0 Å². The third-order valence-corrected chi connectivity index (χ3v) is 6.13. The molecule has 1 aliphatic carbocycles. The first-order valence-electron chi connectivity index (χ1n) is 8.44. The van der Waals surface area contributed by atoms with Crippen LogP contribution < -0.4 is 0 Å². The summed E-state index contributed by atoms with van der Waals surface area (Å²) in [4.78, 5) is 0. The van der Waals surface area contributed by atoms with Crippen molar-refractivity contribution in [2.45, 2.75) is 73.6 Å². The van der Waals surface area contributed by atoms with Gasteiger partial charge in [0.15, 0.2) is 0 Å². The van der Waals surface area contributed by atoms with E-state index in [2.05, 4.69) is 48.5 Å². The third kappa shape index (κ3) is 1.81. The zero-order valence-electron chi connectivity index (χ0n) is 14.7. The van der Waals surface area contributed by atoms with Crippen molar-refractivity contribution in [3.05, 3.63) is 44.5 Å². The fraction of sp³-hybridized carbons (Fsp3) is 0.524. The summed E-state index contributed by atoms with van der Waals surface area (Å²) in [5.74, 6) is 0.715. The van der Waals surface area contributed by atoms with E-state index in [1.807, 2.05) is 0 Å². The van der Waals surface area contributed by atoms with Gasteiger partial charge in [0.2, 0.25) is 0 Å². The van der Waals surface area contributed by atoms with E-state index in [1.165, 1.54) is 29.5 Å². The lowest BCUT2D eigenvalue weighted by Crippen LogP contribution is -2.04. The van der Waals surface area contributed by atoms with Gasteiger partial charge in [-0.05, 0) is 115 Å². The van der Waals surface area contributed by atoms with Crippen molar-refractivity contribution in [3.8, 4) is 0 Å². The van der Waals surface area contributed by atoms with Gasteiger partial charge >= 0.3 is 0 Å². The molecule has 0 amide bonds. The molecule has 0 N–H and O–H groups in total. The van der Waals surface area contributed by atoms with E-state index in [0.29, 0.717) is 5.92 Å². The second-order valence-electron chi connectivity index (χ2n) is 7.04. The van der Waals surface area contributed by atoms with E-state index < -0.39 is 0 Å². The summed E-state index contributed by atoms with van der Waals surface area (Å²) in [6.45, 7) is 16.4. The van der Waals surface area contributed by atoms with Crippen LogP contribution in [0.2, 0.25) is 0 Å². The van der Waals surface area contributed by atoms with Crippen molar-refractivity contribution < 1.29 is 0 Å². The predicted octanol–water partition coefficient (Wildman–Crippen LogP) is 5.99. The monoisotopic (exact) mass is 280 g/mol. The SMILES string of the molecule is CCc1c(C)c(C)c2c(C)c(C)c3c(c2c1C)C(C)CC3. The quantitative estimate of drug-likeness (QED) is 0.601. The van der Waals surface area contributed by atoms with Crippen LogP contribution in [0.25, 0.3) is 10.8 Å². The number of benzene rings is 2. The standard InChI is InChI=1S/C21H28/c1-8-17-12(3)14(5)20-15(6)13(4)18-10-9-11(2)19(18)21(20)16(17)7/h11H,8-10H2,1-7H3. The predicted molar refractivity (Wildman–Crippen MR) is 93.7 cm³/mol. The van der Waals surface area contributed by atoms with Crippen LogP contribution in [-0.4, -0.2) is 0 Å². The molecular weight excluding hydrogens is 252 g/mol. The highest BCUT2D eigenvalue weighted by Crippen LogP contribution is 2.45. The molecule has 0 radical (unpaired) electrons. The normalized spacial score (nSPS) is 17.6. The Labute approximate surface area is 129 Å². The Bertz CT molecular complexity index is 747. The molecular formula is C21H28. The molecule has 0 spiro atoms. The first-order valence-corrected chi connectivity index (χ1v) is 8.44. The zero-order valence-corrected chi connectivity index (χ0v) is 14.7. The highest BCUT2D eigenvalue weighted by Gasteiger charge is 2.27. The van der Waals surface area contributed by atoms with Crippen molar-refractivity contribution in [2.24, 2.45) is 0 Å². The van der Waals surface area contributed by atoms with Crippen LogP contribution >= 0.6 is 0 Å². The fourth-order valence-corrected chi connectivity index (χ4v) is 4.69. The van der Waals surface area contributed by atoms with E-state index in [1.54, 1.807) is 38.6 Å². The van der Waals surface area contributed by atoms with Gasteiger partial charge in [-0.3, -0.25) is 0 Å². The lowest BCUT2D eigenvalue weighted by molar-refractivity contribution is 0.750. The highest BCUT2D eigenvalue weighted by atomic mass is 14.3. The van der Waals surface area contributed by atoms with Gasteiger partial charge < -0.3 is 0 Å². The van der Waals surface area contributed by atoms with Crippen molar-refractivity contribution in [1.29, 1.82) is 0 Å². The number of rotatable bonds is 1. The number of hydrogen-bond donors (Lipinski definition) is 0. The molecule has 1 atom stereocenters. The fourth-order valence-electron chi connectivity index (χ4n) is 4.69. The van der Waals surface area contributed by atoms with E-state index in [0.717, 1.165) is 6.42 Å². The van der Waals surface area contributed by atoms with Crippen LogP contribution in [0, 0.1) is 34.6 Å². The van der Waals surface area contributed by atoms with Crippen molar-refractivity contribution >= 4 is 10.8 Å². The molecule has 112 valence electrons. The van der Waals surface area contributed by atoms with Gasteiger partial charge in [-0.15, -0.1) is 0 Å². The third-order valence-electron chi connectivity index (χ3n) is 6.13. The van der Waals surface area contributed by atoms with Crippen molar-refractivity contribution in [3.63, 3.8) is 0 Å². The molecule has 3 rings (SSSR count). The summed E-state index contributed by atoms with van der Waals surface area (Å²) in [6.07, 6.45) is 3.74. The van der Waals surface area contributed by atoms with Gasteiger partial charge in [-0.1, -0.05) is 13.8 Å². The average molecular weight is 280 g/mol. The molecule has 0 aromatic heterocycles. The summed E-state index contributed by atoms with van der Waals surface area (Å²) in [5.41, 5.74) is 12.5. The summed E-state index contributed by atoms with van der Waals surface area (Å²) in [5, 5.41) is 3.14. The molecule has 1 aliphatic rings. The first-order chi connectivity index (χ1) is 9.90. The molecule has 0 heteroatoms. The molecule has 0 aliphatic heterocycles. The van der Waals surface area contributed by atoms with Crippen LogP contribution in [0.3, 0.4) is 0 Å². The second-order valence-corrected chi connectivity index (χ2v) is 7.04. The molecule has 0 nitrogen and oxygen atoms in total. The summed E-state index contributed by atoms with van der Waals surface area (Å²) in [6, 6.07) is 0. The Balaban J connectivity index is 2.62. The van der Waals surface area contributed by atoms with Gasteiger partial charge in [-0.25, -0.2) is 0 Å². The molecule has 0 saturated carbocycles. The maximum atomic E-state index is 2.42. The van der Waals surface area contributed by atoms with E-state index in [4.69, 9.17) is 0 Å². The lowest BCUT2D eigenvalue weighted by Gasteiger charge is -2.23. The highest BCUT2D eigenvalue weighted by molar-refractivity contribution is 5.98. The van der Waals surface area contributed by atoms with Gasteiger partial charge in [0, 0.05) is 0 Å². The molecule has 0 heterocycles. The molecule has 1 unspecified atom stereocenters. The number of aryl methyl sites for hydroxylation is 3. The Hall–Kier alpha value is -1.30. The first kappa shape index (κ1) is 14.6. The second kappa shape index (κ2) is 4.87.